The van der Waals surface area contributed by atoms with Gasteiger partial charge >= 0.3 is 0 Å². The van der Waals surface area contributed by atoms with Crippen molar-refractivity contribution in [2.24, 2.45) is 0 Å². The first-order valence-electron chi connectivity index (χ1n) is 4.14. The van der Waals surface area contributed by atoms with Gasteiger partial charge < -0.3 is 4.74 Å². The first kappa shape index (κ1) is 10.7. The molecule has 82 valence electrons. The summed E-state index contributed by atoms with van der Waals surface area (Å²) in [5, 5.41) is 6.68. The van der Waals surface area contributed by atoms with Crippen LogP contribution in [0.5, 0.6) is 11.6 Å². The number of rotatable bonds is 2. The average Bonchev–Trinajstić information content (AvgIpc) is 2.25. The minimum atomic E-state index is -1.10. The van der Waals surface area contributed by atoms with Crippen LogP contribution in [0.1, 0.15) is 0 Å². The molecular formula is C9H4ClF2N3O. The van der Waals surface area contributed by atoms with Crippen LogP contribution in [0.15, 0.2) is 24.4 Å². The summed E-state index contributed by atoms with van der Waals surface area (Å²) in [6, 6.07) is 3.55. The summed E-state index contributed by atoms with van der Waals surface area (Å²) in [5.74, 6) is -2.47. The van der Waals surface area contributed by atoms with Gasteiger partial charge in [0.1, 0.15) is 6.20 Å². The van der Waals surface area contributed by atoms with E-state index in [9.17, 15) is 8.78 Å². The van der Waals surface area contributed by atoms with Gasteiger partial charge in [0.15, 0.2) is 11.6 Å². The number of halogens is 3. The number of hydrogen-bond donors (Lipinski definition) is 0. The van der Waals surface area contributed by atoms with Crippen LogP contribution in [0, 0.1) is 11.6 Å². The summed E-state index contributed by atoms with van der Waals surface area (Å²) < 4.78 is 31.0. The van der Waals surface area contributed by atoms with E-state index in [0.29, 0.717) is 0 Å². The molecular weight excluding hydrogens is 240 g/mol. The lowest BCUT2D eigenvalue weighted by atomic mass is 10.3. The van der Waals surface area contributed by atoms with Crippen molar-refractivity contribution < 1.29 is 13.5 Å². The molecule has 16 heavy (non-hydrogen) atoms. The van der Waals surface area contributed by atoms with Gasteiger partial charge in [-0.1, -0.05) is 6.07 Å². The third-order valence-electron chi connectivity index (χ3n) is 1.64. The summed E-state index contributed by atoms with van der Waals surface area (Å²) >= 11 is 5.45. The SMILES string of the molecule is Fc1cccc(Oc2cnnc(Cl)n2)c1F. The fourth-order valence-electron chi connectivity index (χ4n) is 0.993. The molecule has 0 saturated heterocycles. The smallest absolute Gasteiger partial charge is 0.246 e. The lowest BCUT2D eigenvalue weighted by Gasteiger charge is -2.04. The molecule has 0 aliphatic rings. The van der Waals surface area contributed by atoms with Crippen molar-refractivity contribution in [1.29, 1.82) is 0 Å². The van der Waals surface area contributed by atoms with Crippen LogP contribution >= 0.6 is 11.6 Å². The molecule has 0 amide bonds. The summed E-state index contributed by atoms with van der Waals surface area (Å²) in [7, 11) is 0. The number of nitrogens with zero attached hydrogens (tertiary/aromatic N) is 3. The van der Waals surface area contributed by atoms with E-state index in [1.165, 1.54) is 12.1 Å². The number of ether oxygens (including phenoxy) is 1. The van der Waals surface area contributed by atoms with Gasteiger partial charge in [-0.3, -0.25) is 0 Å². The van der Waals surface area contributed by atoms with Crippen LogP contribution in [0.3, 0.4) is 0 Å². The molecule has 1 heterocycles. The second-order valence-electron chi connectivity index (χ2n) is 2.72. The summed E-state index contributed by atoms with van der Waals surface area (Å²) in [5.41, 5.74) is 0. The molecule has 0 aliphatic carbocycles. The third-order valence-corrected chi connectivity index (χ3v) is 1.80. The van der Waals surface area contributed by atoms with Crippen LogP contribution in [-0.2, 0) is 0 Å². The maximum absolute atomic E-state index is 13.2. The lowest BCUT2D eigenvalue weighted by Crippen LogP contribution is -1.95. The maximum Gasteiger partial charge on any atom is 0.246 e. The van der Waals surface area contributed by atoms with Gasteiger partial charge in [-0.2, -0.15) is 14.5 Å². The van der Waals surface area contributed by atoms with E-state index >= 15 is 0 Å². The largest absolute Gasteiger partial charge is 0.434 e. The molecule has 7 heteroatoms. The zero-order valence-electron chi connectivity index (χ0n) is 7.69. The normalized spacial score (nSPS) is 10.2. The Bertz CT molecular complexity index is 524. The Morgan fingerprint density at radius 1 is 1.25 bits per heavy atom. The van der Waals surface area contributed by atoms with Crippen molar-refractivity contribution in [3.63, 3.8) is 0 Å². The molecule has 4 nitrogen and oxygen atoms in total. The van der Waals surface area contributed by atoms with E-state index in [2.05, 4.69) is 15.2 Å². The van der Waals surface area contributed by atoms with Gasteiger partial charge in [0.2, 0.25) is 17.0 Å². The van der Waals surface area contributed by atoms with Crippen LogP contribution in [0.25, 0.3) is 0 Å². The summed E-state index contributed by atoms with van der Waals surface area (Å²) in [6.45, 7) is 0. The van der Waals surface area contributed by atoms with Crippen molar-refractivity contribution in [1.82, 2.24) is 15.2 Å². The van der Waals surface area contributed by atoms with E-state index in [0.717, 1.165) is 12.3 Å². The van der Waals surface area contributed by atoms with E-state index < -0.39 is 11.6 Å². The van der Waals surface area contributed by atoms with Gasteiger partial charge in [0.25, 0.3) is 0 Å². The Morgan fingerprint density at radius 3 is 2.81 bits per heavy atom. The van der Waals surface area contributed by atoms with Gasteiger partial charge in [0, 0.05) is 0 Å². The van der Waals surface area contributed by atoms with Crippen molar-refractivity contribution in [2.75, 3.05) is 0 Å². The first-order valence-corrected chi connectivity index (χ1v) is 4.51. The van der Waals surface area contributed by atoms with Crippen molar-refractivity contribution in [3.05, 3.63) is 41.3 Å². The standard InChI is InChI=1S/C9H4ClF2N3O/c10-9-14-7(4-13-15-9)16-6-3-1-2-5(11)8(6)12/h1-4H. The molecule has 0 atom stereocenters. The zero-order valence-corrected chi connectivity index (χ0v) is 8.45. The van der Waals surface area contributed by atoms with E-state index in [1.54, 1.807) is 0 Å². The Kier molecular flexibility index (Phi) is 2.91. The molecule has 0 aliphatic heterocycles. The molecule has 0 saturated carbocycles. The Labute approximate surface area is 93.9 Å². The highest BCUT2D eigenvalue weighted by atomic mass is 35.5. The highest BCUT2D eigenvalue weighted by Gasteiger charge is 2.10. The van der Waals surface area contributed by atoms with Gasteiger partial charge in [-0.25, -0.2) is 4.39 Å². The van der Waals surface area contributed by atoms with Crippen LogP contribution in [0.4, 0.5) is 8.78 Å². The predicted octanol–water partition coefficient (Wildman–Crippen LogP) is 2.60. The summed E-state index contributed by atoms with van der Waals surface area (Å²) in [6.07, 6.45) is 1.14. The molecule has 1 aromatic carbocycles. The quantitative estimate of drug-likeness (QED) is 0.813. The van der Waals surface area contributed by atoms with Gasteiger partial charge in [-0.15, -0.1) is 5.10 Å². The lowest BCUT2D eigenvalue weighted by molar-refractivity contribution is 0.402. The predicted molar refractivity (Wildman–Crippen MR) is 51.3 cm³/mol. The number of hydrogen-bond acceptors (Lipinski definition) is 4. The third kappa shape index (κ3) is 2.22. The molecule has 0 bridgehead atoms. The van der Waals surface area contributed by atoms with Crippen LogP contribution in [0.2, 0.25) is 5.28 Å². The Hall–Kier alpha value is -1.82. The van der Waals surface area contributed by atoms with E-state index in [1.807, 2.05) is 0 Å². The highest BCUT2D eigenvalue weighted by molar-refractivity contribution is 6.28. The van der Waals surface area contributed by atoms with Crippen molar-refractivity contribution >= 4 is 11.6 Å². The Balaban J connectivity index is 2.31. The number of benzene rings is 1. The molecule has 2 rings (SSSR count). The van der Waals surface area contributed by atoms with Crippen LogP contribution < -0.4 is 4.74 Å². The van der Waals surface area contributed by atoms with E-state index in [-0.39, 0.29) is 16.9 Å². The highest BCUT2D eigenvalue weighted by Crippen LogP contribution is 2.24. The van der Waals surface area contributed by atoms with Gasteiger partial charge in [0.05, 0.1) is 0 Å². The molecule has 1 aromatic heterocycles. The molecule has 0 N–H and O–H groups in total. The van der Waals surface area contributed by atoms with Crippen molar-refractivity contribution in [2.45, 2.75) is 0 Å². The van der Waals surface area contributed by atoms with Gasteiger partial charge in [-0.05, 0) is 23.7 Å². The fraction of sp³-hybridized carbons (Fsp3) is 0. The van der Waals surface area contributed by atoms with Crippen molar-refractivity contribution in [3.8, 4) is 11.6 Å². The topological polar surface area (TPSA) is 47.9 Å². The molecule has 0 spiro atoms. The average molecular weight is 244 g/mol. The molecule has 0 unspecified atom stereocenters. The Morgan fingerprint density at radius 2 is 2.06 bits per heavy atom. The molecule has 0 radical (unpaired) electrons. The minimum absolute atomic E-state index is 0.0653. The fourth-order valence-corrected chi connectivity index (χ4v) is 1.12. The van der Waals surface area contributed by atoms with Crippen LogP contribution in [-0.4, -0.2) is 15.2 Å². The first-order chi connectivity index (χ1) is 7.66. The zero-order chi connectivity index (χ0) is 11.5. The second-order valence-corrected chi connectivity index (χ2v) is 3.06. The second kappa shape index (κ2) is 4.36. The maximum atomic E-state index is 13.2. The van der Waals surface area contributed by atoms with E-state index in [4.69, 9.17) is 16.3 Å². The monoisotopic (exact) mass is 243 g/mol. The summed E-state index contributed by atoms with van der Waals surface area (Å²) in [4.78, 5) is 3.62. The molecule has 0 fully saturated rings. The number of aromatic nitrogens is 3. The minimum Gasteiger partial charge on any atom is -0.434 e. The molecule has 2 aromatic rings.